The largest absolute Gasteiger partial charge is 0.482 e. The Morgan fingerprint density at radius 2 is 1.96 bits per heavy atom. The van der Waals surface area contributed by atoms with Crippen molar-refractivity contribution in [1.82, 2.24) is 9.97 Å². The van der Waals surface area contributed by atoms with Gasteiger partial charge in [-0.3, -0.25) is 0 Å². The molecule has 0 amide bonds. The third kappa shape index (κ3) is 3.45. The van der Waals surface area contributed by atoms with Crippen molar-refractivity contribution in [3.63, 3.8) is 0 Å². The summed E-state index contributed by atoms with van der Waals surface area (Å²) in [6.45, 7) is 5.06. The van der Waals surface area contributed by atoms with E-state index in [9.17, 15) is 8.42 Å². The maximum atomic E-state index is 12.5. The van der Waals surface area contributed by atoms with Crippen molar-refractivity contribution in [2.24, 2.45) is 5.92 Å². The van der Waals surface area contributed by atoms with E-state index in [1.54, 1.807) is 0 Å². The number of nitrogens with zero attached hydrogens (tertiary/aromatic N) is 2. The predicted octanol–water partition coefficient (Wildman–Crippen LogP) is 2.78. The molecule has 0 spiro atoms. The Hall–Kier alpha value is -2.35. The number of anilines is 1. The van der Waals surface area contributed by atoms with Crippen LogP contribution in [0.15, 0.2) is 29.4 Å². The number of hydrogen-bond acceptors (Lipinski definition) is 7. The third-order valence-electron chi connectivity index (χ3n) is 4.94. The fourth-order valence-electron chi connectivity index (χ4n) is 3.58. The van der Waals surface area contributed by atoms with Crippen LogP contribution in [-0.4, -0.2) is 37.4 Å². The average molecular weight is 389 g/mol. The Morgan fingerprint density at radius 3 is 2.78 bits per heavy atom. The number of sulfone groups is 1. The number of nitrogens with one attached hydrogen (secondary N) is 1. The minimum atomic E-state index is -3.21. The van der Waals surface area contributed by atoms with E-state index in [0.717, 1.165) is 17.5 Å². The molecule has 0 aliphatic carbocycles. The van der Waals surface area contributed by atoms with Crippen molar-refractivity contribution in [1.29, 1.82) is 0 Å². The second kappa shape index (κ2) is 6.99. The highest BCUT2D eigenvalue weighted by atomic mass is 32.2. The molecule has 0 unspecified atom stereocenters. The van der Waals surface area contributed by atoms with Gasteiger partial charge in [-0.1, -0.05) is 26.0 Å². The monoisotopic (exact) mass is 389 g/mol. The molecule has 7 nitrogen and oxygen atoms in total. The van der Waals surface area contributed by atoms with Crippen molar-refractivity contribution in [2.45, 2.75) is 37.6 Å². The molecule has 3 heterocycles. The Balaban J connectivity index is 1.71. The highest BCUT2D eigenvalue weighted by molar-refractivity contribution is 7.91. The number of aryl methyl sites for hydroxylation is 1. The Kier molecular flexibility index (Phi) is 4.67. The molecule has 0 radical (unpaired) electrons. The minimum Gasteiger partial charge on any atom is -0.482 e. The molecule has 27 heavy (non-hydrogen) atoms. The first kappa shape index (κ1) is 18.0. The van der Waals surface area contributed by atoms with Gasteiger partial charge in [0.05, 0.1) is 16.7 Å². The first-order valence-corrected chi connectivity index (χ1v) is 10.8. The zero-order valence-electron chi connectivity index (χ0n) is 15.4. The molecule has 2 aliphatic heterocycles. The number of rotatable bonds is 4. The van der Waals surface area contributed by atoms with Gasteiger partial charge in [-0.2, -0.15) is 4.98 Å². The first-order valence-electron chi connectivity index (χ1n) is 9.18. The van der Waals surface area contributed by atoms with Gasteiger partial charge >= 0.3 is 0 Å². The standard InChI is InChI=1S/C19H23N3O4S/c1-12(2)16(22-18-17-19(21-11-20-18)26-8-7-25-17)14-6-5-13-4-3-9-27(23,24)15(13)10-14/h5-6,10-12,16H,3-4,7-9H2,1-2H3,(H,20,21,22)/t16-/m1/s1. The van der Waals surface area contributed by atoms with Crippen LogP contribution < -0.4 is 14.8 Å². The van der Waals surface area contributed by atoms with Crippen LogP contribution in [0.4, 0.5) is 5.82 Å². The van der Waals surface area contributed by atoms with Gasteiger partial charge in [0, 0.05) is 0 Å². The first-order chi connectivity index (χ1) is 13.0. The molecule has 1 atom stereocenters. The van der Waals surface area contributed by atoms with Crippen LogP contribution in [-0.2, 0) is 16.3 Å². The summed E-state index contributed by atoms with van der Waals surface area (Å²) in [5, 5.41) is 3.41. The summed E-state index contributed by atoms with van der Waals surface area (Å²) in [7, 11) is -3.21. The van der Waals surface area contributed by atoms with Gasteiger partial charge in [0.25, 0.3) is 5.88 Å². The maximum Gasteiger partial charge on any atom is 0.262 e. The summed E-state index contributed by atoms with van der Waals surface area (Å²) in [5.41, 5.74) is 1.82. The van der Waals surface area contributed by atoms with Gasteiger partial charge in [-0.05, 0) is 36.0 Å². The third-order valence-corrected chi connectivity index (χ3v) is 6.82. The minimum absolute atomic E-state index is 0.128. The van der Waals surface area contributed by atoms with E-state index in [4.69, 9.17) is 9.47 Å². The van der Waals surface area contributed by atoms with Crippen molar-refractivity contribution in [3.05, 3.63) is 35.7 Å². The van der Waals surface area contributed by atoms with E-state index >= 15 is 0 Å². The summed E-state index contributed by atoms with van der Waals surface area (Å²) < 4.78 is 36.2. The zero-order valence-corrected chi connectivity index (χ0v) is 16.3. The molecule has 0 saturated heterocycles. The second-order valence-electron chi connectivity index (χ2n) is 7.21. The van der Waals surface area contributed by atoms with Gasteiger partial charge < -0.3 is 14.8 Å². The second-order valence-corrected chi connectivity index (χ2v) is 9.29. The molecule has 0 fully saturated rings. The number of hydrogen-bond donors (Lipinski definition) is 1. The lowest BCUT2D eigenvalue weighted by Gasteiger charge is -2.27. The molecule has 0 bridgehead atoms. The fourth-order valence-corrected chi connectivity index (χ4v) is 5.21. The van der Waals surface area contributed by atoms with Crippen molar-refractivity contribution < 1.29 is 17.9 Å². The average Bonchev–Trinajstić information content (AvgIpc) is 2.66. The van der Waals surface area contributed by atoms with Gasteiger partial charge in [-0.25, -0.2) is 13.4 Å². The molecule has 1 N–H and O–H groups in total. The van der Waals surface area contributed by atoms with Crippen molar-refractivity contribution in [3.8, 4) is 11.6 Å². The van der Waals surface area contributed by atoms with Crippen LogP contribution in [0.2, 0.25) is 0 Å². The van der Waals surface area contributed by atoms with Gasteiger partial charge in [-0.15, -0.1) is 0 Å². The lowest BCUT2D eigenvalue weighted by molar-refractivity contribution is 0.164. The van der Waals surface area contributed by atoms with Gasteiger partial charge in [0.15, 0.2) is 15.7 Å². The number of fused-ring (bicyclic) bond motifs is 2. The molecular formula is C19H23N3O4S. The smallest absolute Gasteiger partial charge is 0.262 e. The Labute approximate surface area is 159 Å². The molecule has 1 aromatic heterocycles. The molecule has 2 aliphatic rings. The van der Waals surface area contributed by atoms with E-state index in [0.29, 0.717) is 42.0 Å². The SMILES string of the molecule is CC(C)[C@@H](Nc1ncnc2c1OCCO2)c1ccc2c(c1)S(=O)(=O)CCC2. The predicted molar refractivity (Wildman–Crippen MR) is 101 cm³/mol. The summed E-state index contributed by atoms with van der Waals surface area (Å²) >= 11 is 0. The number of aromatic nitrogens is 2. The van der Waals surface area contributed by atoms with Crippen LogP contribution >= 0.6 is 0 Å². The summed E-state index contributed by atoms with van der Waals surface area (Å²) in [6.07, 6.45) is 2.93. The molecule has 1 aromatic carbocycles. The highest BCUT2D eigenvalue weighted by Crippen LogP contribution is 2.38. The van der Waals surface area contributed by atoms with E-state index in [1.807, 2.05) is 18.2 Å². The zero-order chi connectivity index (χ0) is 19.0. The molecular weight excluding hydrogens is 366 g/mol. The van der Waals surface area contributed by atoms with Crippen LogP contribution in [0.3, 0.4) is 0 Å². The van der Waals surface area contributed by atoms with Crippen LogP contribution in [0, 0.1) is 5.92 Å². The summed E-state index contributed by atoms with van der Waals surface area (Å²) in [6, 6.07) is 5.62. The molecule has 2 aromatic rings. The van der Waals surface area contributed by atoms with Crippen LogP contribution in [0.5, 0.6) is 11.6 Å². The highest BCUT2D eigenvalue weighted by Gasteiger charge is 2.27. The topological polar surface area (TPSA) is 90.4 Å². The van der Waals surface area contributed by atoms with E-state index in [1.165, 1.54) is 6.33 Å². The lowest BCUT2D eigenvalue weighted by atomic mass is 9.94. The van der Waals surface area contributed by atoms with Crippen molar-refractivity contribution in [2.75, 3.05) is 24.3 Å². The van der Waals surface area contributed by atoms with Gasteiger partial charge in [0.1, 0.15) is 19.5 Å². The number of benzene rings is 1. The number of ether oxygens (including phenoxy) is 2. The molecule has 144 valence electrons. The van der Waals surface area contributed by atoms with E-state index < -0.39 is 9.84 Å². The summed E-state index contributed by atoms with van der Waals surface area (Å²) in [5.74, 6) is 1.89. The summed E-state index contributed by atoms with van der Waals surface area (Å²) in [4.78, 5) is 8.88. The maximum absolute atomic E-state index is 12.5. The van der Waals surface area contributed by atoms with E-state index in [2.05, 4.69) is 29.1 Å². The normalized spacial score (nSPS) is 18.6. The van der Waals surface area contributed by atoms with Crippen LogP contribution in [0.25, 0.3) is 0 Å². The van der Waals surface area contributed by atoms with Gasteiger partial charge in [0.2, 0.25) is 5.75 Å². The van der Waals surface area contributed by atoms with E-state index in [-0.39, 0.29) is 17.7 Å². The fraction of sp³-hybridized carbons (Fsp3) is 0.474. The molecule has 0 saturated carbocycles. The van der Waals surface area contributed by atoms with Crippen molar-refractivity contribution >= 4 is 15.7 Å². The Bertz CT molecular complexity index is 959. The lowest BCUT2D eigenvalue weighted by Crippen LogP contribution is -2.23. The molecule has 4 rings (SSSR count). The van der Waals surface area contributed by atoms with Crippen LogP contribution in [0.1, 0.15) is 37.4 Å². The quantitative estimate of drug-likeness (QED) is 0.860. The molecule has 8 heteroatoms. The Morgan fingerprint density at radius 1 is 1.15 bits per heavy atom.